The van der Waals surface area contributed by atoms with Crippen molar-refractivity contribution in [2.24, 2.45) is 5.92 Å². The molecule has 1 N–H and O–H groups in total. The summed E-state index contributed by atoms with van der Waals surface area (Å²) in [7, 11) is -3.25. The molecule has 3 aliphatic heterocycles. The normalized spacial score (nSPS) is 25.7. The van der Waals surface area contributed by atoms with E-state index in [0.29, 0.717) is 13.0 Å². The maximum absolute atomic E-state index is 15.7. The molecule has 3 aromatic carbocycles. The lowest BCUT2D eigenvalue weighted by atomic mass is 9.82. The van der Waals surface area contributed by atoms with Gasteiger partial charge in [0, 0.05) is 40.2 Å². The van der Waals surface area contributed by atoms with E-state index in [1.807, 2.05) is 67.6 Å². The van der Waals surface area contributed by atoms with Crippen LogP contribution in [0.5, 0.6) is 0 Å². The van der Waals surface area contributed by atoms with Gasteiger partial charge >= 0.3 is 0 Å². The SMILES string of the molecule is C[C@@H]1[C@@H]([Si](C)(C)F)[C@H](CCO)O[C@@]12C(=O)N(Cc1ccc(N3C(=O)CCc4ccccc43)cc1)c1ccc(Br)cc12. The van der Waals surface area contributed by atoms with Crippen LogP contribution in [0.4, 0.5) is 21.2 Å². The summed E-state index contributed by atoms with van der Waals surface area (Å²) < 4.78 is 23.1. The topological polar surface area (TPSA) is 70.1 Å². The van der Waals surface area contributed by atoms with Gasteiger partial charge in [-0.1, -0.05) is 53.2 Å². The van der Waals surface area contributed by atoms with Crippen molar-refractivity contribution in [1.82, 2.24) is 0 Å². The van der Waals surface area contributed by atoms with E-state index in [4.69, 9.17) is 4.74 Å². The highest BCUT2D eigenvalue weighted by Crippen LogP contribution is 2.60. The number of ether oxygens (including phenoxy) is 1. The minimum Gasteiger partial charge on any atom is -0.396 e. The molecule has 0 bridgehead atoms. The molecular weight excluding hydrogens is 603 g/mol. The van der Waals surface area contributed by atoms with E-state index in [-0.39, 0.29) is 24.8 Å². The average Bonchev–Trinajstić information content (AvgIpc) is 3.36. The van der Waals surface area contributed by atoms with Crippen molar-refractivity contribution in [3.63, 3.8) is 0 Å². The summed E-state index contributed by atoms with van der Waals surface area (Å²) in [6.07, 6.45) is 0.945. The van der Waals surface area contributed by atoms with Crippen molar-refractivity contribution in [2.45, 2.75) is 63.1 Å². The Balaban J connectivity index is 1.34. The summed E-state index contributed by atoms with van der Waals surface area (Å²) in [5, 5.41) is 9.75. The molecule has 6 rings (SSSR count). The largest absolute Gasteiger partial charge is 0.396 e. The summed E-state index contributed by atoms with van der Waals surface area (Å²) in [5.41, 5.74) is 3.48. The molecule has 1 saturated heterocycles. The van der Waals surface area contributed by atoms with Crippen LogP contribution in [-0.4, -0.2) is 38.0 Å². The second-order valence-electron chi connectivity index (χ2n) is 11.9. The molecule has 0 radical (unpaired) electrons. The second kappa shape index (κ2) is 10.5. The third-order valence-corrected chi connectivity index (χ3v) is 11.9. The van der Waals surface area contributed by atoms with Gasteiger partial charge < -0.3 is 18.9 Å². The van der Waals surface area contributed by atoms with Gasteiger partial charge in [0.05, 0.1) is 24.0 Å². The predicted octanol–water partition coefficient (Wildman–Crippen LogP) is 6.76. The van der Waals surface area contributed by atoms with Crippen LogP contribution in [0.1, 0.15) is 36.5 Å². The highest BCUT2D eigenvalue weighted by Gasteiger charge is 2.66. The minimum atomic E-state index is -3.25. The zero-order valence-electron chi connectivity index (χ0n) is 23.4. The number of carbonyl (C=O) groups is 2. The lowest BCUT2D eigenvalue weighted by Gasteiger charge is -2.31. The average molecular weight is 638 g/mol. The Morgan fingerprint density at radius 3 is 2.49 bits per heavy atom. The fraction of sp³-hybridized carbons (Fsp3) is 0.375. The third-order valence-electron chi connectivity index (χ3n) is 8.96. The van der Waals surface area contributed by atoms with Crippen molar-refractivity contribution < 1.29 is 23.5 Å². The molecule has 1 fully saturated rings. The molecular formula is C32H34BrFN2O4Si. The highest BCUT2D eigenvalue weighted by atomic mass is 79.9. The zero-order chi connectivity index (χ0) is 29.1. The Kier molecular flexibility index (Phi) is 7.21. The van der Waals surface area contributed by atoms with Gasteiger partial charge in [0.15, 0.2) is 5.60 Å². The van der Waals surface area contributed by atoms with E-state index >= 15 is 4.11 Å². The van der Waals surface area contributed by atoms with Crippen molar-refractivity contribution in [1.29, 1.82) is 0 Å². The molecule has 0 unspecified atom stereocenters. The summed E-state index contributed by atoms with van der Waals surface area (Å²) in [6, 6.07) is 21.4. The first-order valence-electron chi connectivity index (χ1n) is 14.2. The highest BCUT2D eigenvalue weighted by molar-refractivity contribution is 9.10. The Morgan fingerprint density at radius 1 is 1.05 bits per heavy atom. The Bertz CT molecular complexity index is 1510. The number of para-hydroxylation sites is 1. The van der Waals surface area contributed by atoms with Gasteiger partial charge in [0.2, 0.25) is 14.3 Å². The van der Waals surface area contributed by atoms with Gasteiger partial charge in [-0.05, 0) is 73.5 Å². The molecule has 0 aromatic heterocycles. The fourth-order valence-electron chi connectivity index (χ4n) is 7.22. The molecule has 0 aliphatic carbocycles. The lowest BCUT2D eigenvalue weighted by molar-refractivity contribution is -0.146. The van der Waals surface area contributed by atoms with Crippen LogP contribution in [0.3, 0.4) is 0 Å². The number of fused-ring (bicyclic) bond motifs is 3. The van der Waals surface area contributed by atoms with Crippen LogP contribution < -0.4 is 9.80 Å². The number of anilines is 3. The number of carbonyl (C=O) groups excluding carboxylic acids is 2. The number of aliphatic hydroxyl groups excluding tert-OH is 1. The smallest absolute Gasteiger partial charge is 0.264 e. The molecule has 6 nitrogen and oxygen atoms in total. The van der Waals surface area contributed by atoms with E-state index in [2.05, 4.69) is 22.0 Å². The molecule has 3 aliphatic rings. The van der Waals surface area contributed by atoms with Gasteiger partial charge in [-0.25, -0.2) is 0 Å². The number of hydrogen-bond acceptors (Lipinski definition) is 4. The van der Waals surface area contributed by atoms with Crippen molar-refractivity contribution in [3.8, 4) is 0 Å². The van der Waals surface area contributed by atoms with E-state index < -0.39 is 31.6 Å². The molecule has 3 heterocycles. The van der Waals surface area contributed by atoms with Crippen molar-refractivity contribution in [2.75, 3.05) is 16.4 Å². The quantitative estimate of drug-likeness (QED) is 0.240. The first-order valence-corrected chi connectivity index (χ1v) is 17.9. The summed E-state index contributed by atoms with van der Waals surface area (Å²) >= 11 is 3.56. The van der Waals surface area contributed by atoms with Gasteiger partial charge in [-0.3, -0.25) is 14.5 Å². The number of nitrogens with zero attached hydrogens (tertiary/aromatic N) is 2. The van der Waals surface area contributed by atoms with Gasteiger partial charge in [0.25, 0.3) is 5.91 Å². The lowest BCUT2D eigenvalue weighted by Crippen LogP contribution is -2.45. The first-order chi connectivity index (χ1) is 19.6. The molecule has 4 atom stereocenters. The van der Waals surface area contributed by atoms with Crippen molar-refractivity contribution in [3.05, 3.63) is 87.9 Å². The van der Waals surface area contributed by atoms with E-state index in [9.17, 15) is 14.7 Å². The van der Waals surface area contributed by atoms with Crippen molar-refractivity contribution >= 4 is 53.2 Å². The van der Waals surface area contributed by atoms with Crippen LogP contribution in [-0.2, 0) is 32.9 Å². The maximum Gasteiger partial charge on any atom is 0.264 e. The van der Waals surface area contributed by atoms with Crippen LogP contribution in [0.2, 0.25) is 18.6 Å². The third kappa shape index (κ3) is 4.58. The van der Waals surface area contributed by atoms with Gasteiger partial charge in [0.1, 0.15) is 0 Å². The standard InChI is InChI=1S/C32H34BrFN2O4Si/c1-20-30(41(2,3)34)28(16-17-37)40-32(20)25-18-23(33)11-14-27(25)35(31(32)39)19-21-8-12-24(13-9-21)36-26-7-5-4-6-22(26)10-15-29(36)38/h4-9,11-14,18,20,28,30,37H,10,15-17,19H2,1-3H3/t20-,28+,30-,32+/m1/s1. The summed E-state index contributed by atoms with van der Waals surface area (Å²) in [5.74, 6) is -0.541. The monoisotopic (exact) mass is 636 g/mol. The van der Waals surface area contributed by atoms with Gasteiger partial charge in [-0.15, -0.1) is 0 Å². The number of aliphatic hydroxyl groups is 1. The Labute approximate surface area is 249 Å². The summed E-state index contributed by atoms with van der Waals surface area (Å²) in [4.78, 5) is 30.8. The first kappa shape index (κ1) is 28.3. The van der Waals surface area contributed by atoms with E-state index in [1.165, 1.54) is 0 Å². The summed E-state index contributed by atoms with van der Waals surface area (Å²) in [6.45, 7) is 5.42. The van der Waals surface area contributed by atoms with E-state index in [0.717, 1.165) is 44.6 Å². The number of amides is 2. The molecule has 9 heteroatoms. The number of benzene rings is 3. The fourth-order valence-corrected chi connectivity index (χ4v) is 10.1. The number of hydrogen-bond donors (Lipinski definition) is 1. The van der Waals surface area contributed by atoms with Crippen LogP contribution in [0, 0.1) is 5.92 Å². The number of aryl methyl sites for hydroxylation is 1. The minimum absolute atomic E-state index is 0.0614. The van der Waals surface area contributed by atoms with Crippen LogP contribution in [0.15, 0.2) is 71.2 Å². The van der Waals surface area contributed by atoms with Crippen LogP contribution in [0.25, 0.3) is 0 Å². The number of halogens is 2. The van der Waals surface area contributed by atoms with Crippen LogP contribution >= 0.6 is 15.9 Å². The molecule has 214 valence electrons. The molecule has 3 aromatic rings. The molecule has 41 heavy (non-hydrogen) atoms. The molecule has 2 amide bonds. The number of rotatable bonds is 6. The molecule has 0 saturated carbocycles. The Morgan fingerprint density at radius 2 is 1.78 bits per heavy atom. The predicted molar refractivity (Wildman–Crippen MR) is 163 cm³/mol. The molecule has 1 spiro atoms. The van der Waals surface area contributed by atoms with Gasteiger partial charge in [-0.2, -0.15) is 0 Å². The zero-order valence-corrected chi connectivity index (χ0v) is 26.0. The van der Waals surface area contributed by atoms with E-state index in [1.54, 1.807) is 22.9 Å². The Hall–Kier alpha value is -2.85. The maximum atomic E-state index is 15.7. The second-order valence-corrected chi connectivity index (χ2v) is 16.6.